The van der Waals surface area contributed by atoms with E-state index >= 15 is 0 Å². The van der Waals surface area contributed by atoms with Crippen LogP contribution < -0.4 is 10.1 Å². The van der Waals surface area contributed by atoms with Crippen molar-refractivity contribution in [3.8, 4) is 11.5 Å². The second-order valence-electron chi connectivity index (χ2n) is 5.27. The monoisotopic (exact) mass is 295 g/mol. The number of amides is 1. The molecule has 3 rings (SSSR count). The fourth-order valence-electron chi connectivity index (χ4n) is 2.64. The molecule has 1 atom stereocenters. The highest BCUT2D eigenvalue weighted by molar-refractivity contribution is 6.11. The normalized spacial score (nSPS) is 16.4. The third-order valence-corrected chi connectivity index (χ3v) is 3.86. The van der Waals surface area contributed by atoms with Crippen LogP contribution >= 0.6 is 0 Å². The van der Waals surface area contributed by atoms with Crippen LogP contribution in [0.2, 0.25) is 0 Å². The van der Waals surface area contributed by atoms with Gasteiger partial charge in [-0.25, -0.2) is 0 Å². The number of carbonyl (C=O) groups excluding carboxylic acids is 1. The van der Waals surface area contributed by atoms with Crippen molar-refractivity contribution < 1.29 is 14.6 Å². The number of methoxy groups -OCH3 is 1. The Hall–Kier alpha value is -2.75. The van der Waals surface area contributed by atoms with Crippen molar-refractivity contribution in [2.45, 2.75) is 6.92 Å². The number of hydrogen-bond donors (Lipinski definition) is 2. The van der Waals surface area contributed by atoms with Crippen LogP contribution in [-0.2, 0) is 4.79 Å². The summed E-state index contributed by atoms with van der Waals surface area (Å²) in [5.74, 6) is 0.138. The summed E-state index contributed by atoms with van der Waals surface area (Å²) >= 11 is 0. The largest absolute Gasteiger partial charge is 0.504 e. The van der Waals surface area contributed by atoms with Crippen molar-refractivity contribution in [2.75, 3.05) is 12.4 Å². The number of phenolic OH excluding ortho intramolecular Hbond substituents is 1. The van der Waals surface area contributed by atoms with E-state index in [4.69, 9.17) is 4.74 Å². The number of aromatic hydroxyl groups is 1. The molecule has 0 saturated carbocycles. The van der Waals surface area contributed by atoms with Gasteiger partial charge in [0.2, 0.25) is 5.91 Å². The van der Waals surface area contributed by atoms with Gasteiger partial charge in [-0.3, -0.25) is 4.79 Å². The summed E-state index contributed by atoms with van der Waals surface area (Å²) in [4.78, 5) is 12.4. The Morgan fingerprint density at radius 2 is 1.91 bits per heavy atom. The second-order valence-corrected chi connectivity index (χ2v) is 5.27. The zero-order chi connectivity index (χ0) is 15.7. The van der Waals surface area contributed by atoms with E-state index in [0.717, 1.165) is 16.7 Å². The molecule has 0 bridgehead atoms. The zero-order valence-corrected chi connectivity index (χ0v) is 12.5. The van der Waals surface area contributed by atoms with Gasteiger partial charge in [-0.1, -0.05) is 35.9 Å². The van der Waals surface area contributed by atoms with Crippen LogP contribution in [0.15, 0.2) is 54.1 Å². The molecule has 2 N–H and O–H groups in total. The average Bonchev–Trinajstić information content (AvgIpc) is 3.21. The molecule has 0 radical (unpaired) electrons. The minimum absolute atomic E-state index is 0.0474. The van der Waals surface area contributed by atoms with Crippen molar-refractivity contribution in [3.63, 3.8) is 0 Å². The lowest BCUT2D eigenvalue weighted by molar-refractivity contribution is -0.116. The first-order chi connectivity index (χ1) is 10.6. The summed E-state index contributed by atoms with van der Waals surface area (Å²) in [6.45, 7) is 1.98. The second kappa shape index (κ2) is 5.56. The van der Waals surface area contributed by atoms with Crippen LogP contribution in [-0.4, -0.2) is 18.1 Å². The Kier molecular flexibility index (Phi) is 3.59. The first-order valence-electron chi connectivity index (χ1n) is 7.05. The van der Waals surface area contributed by atoms with Crippen molar-refractivity contribution in [2.24, 2.45) is 5.92 Å². The fourth-order valence-corrected chi connectivity index (χ4v) is 2.64. The minimum Gasteiger partial charge on any atom is -0.504 e. The van der Waals surface area contributed by atoms with Crippen LogP contribution in [0.5, 0.6) is 11.5 Å². The van der Waals surface area contributed by atoms with Gasteiger partial charge in [0.05, 0.1) is 13.0 Å². The lowest BCUT2D eigenvalue weighted by atomic mass is 10.1. The number of carbonyl (C=O) groups is 1. The first kappa shape index (κ1) is 14.2. The van der Waals surface area contributed by atoms with Gasteiger partial charge in [-0.05, 0) is 30.2 Å². The van der Waals surface area contributed by atoms with Crippen LogP contribution in [0, 0.1) is 5.92 Å². The fraction of sp³-hybridized carbons (Fsp3) is 0.167. The van der Waals surface area contributed by atoms with Gasteiger partial charge in [0.15, 0.2) is 11.5 Å². The summed E-state index contributed by atoms with van der Waals surface area (Å²) < 4.78 is 5.04. The Bertz CT molecular complexity index is 750. The first-order valence-corrected chi connectivity index (χ1v) is 7.05. The molecule has 4 heteroatoms. The minimum atomic E-state index is -0.179. The van der Waals surface area contributed by atoms with Crippen LogP contribution in [0.3, 0.4) is 0 Å². The molecule has 1 aliphatic carbocycles. The van der Waals surface area contributed by atoms with Gasteiger partial charge in [0.25, 0.3) is 0 Å². The van der Waals surface area contributed by atoms with Gasteiger partial charge < -0.3 is 15.2 Å². The van der Waals surface area contributed by atoms with E-state index in [0.29, 0.717) is 11.4 Å². The maximum atomic E-state index is 12.4. The standard InChI is InChI=1S/C18H17NO3/c1-11-16(12-6-4-3-5-7-12)17(11)18(21)19-13-8-9-14(20)15(10-13)22-2/h3-10,17,20H,1-2H3,(H,19,21). The highest BCUT2D eigenvalue weighted by atomic mass is 16.5. The Labute approximate surface area is 129 Å². The lowest BCUT2D eigenvalue weighted by Gasteiger charge is -2.09. The third kappa shape index (κ3) is 2.55. The molecule has 0 saturated heterocycles. The van der Waals surface area contributed by atoms with E-state index in [1.807, 2.05) is 37.3 Å². The van der Waals surface area contributed by atoms with Gasteiger partial charge in [-0.15, -0.1) is 0 Å². The Morgan fingerprint density at radius 3 is 2.59 bits per heavy atom. The molecule has 0 aromatic heterocycles. The van der Waals surface area contributed by atoms with Gasteiger partial charge in [0, 0.05) is 11.8 Å². The number of rotatable bonds is 4. The summed E-state index contributed by atoms with van der Waals surface area (Å²) in [7, 11) is 1.47. The molecule has 1 aliphatic rings. The van der Waals surface area contributed by atoms with Crippen LogP contribution in [0.25, 0.3) is 5.57 Å². The average molecular weight is 295 g/mol. The van der Waals surface area contributed by atoms with Crippen molar-refractivity contribution in [1.82, 2.24) is 0 Å². The number of benzene rings is 2. The maximum Gasteiger partial charge on any atom is 0.236 e. The predicted molar refractivity (Wildman–Crippen MR) is 85.8 cm³/mol. The molecule has 22 heavy (non-hydrogen) atoms. The van der Waals surface area contributed by atoms with E-state index in [9.17, 15) is 9.90 Å². The van der Waals surface area contributed by atoms with Gasteiger partial charge in [-0.2, -0.15) is 0 Å². The molecule has 2 aromatic rings. The number of phenols is 1. The Balaban J connectivity index is 1.72. The van der Waals surface area contributed by atoms with Crippen molar-refractivity contribution >= 4 is 17.2 Å². The summed E-state index contributed by atoms with van der Waals surface area (Å²) in [6, 6.07) is 14.7. The molecule has 112 valence electrons. The highest BCUT2D eigenvalue weighted by Gasteiger charge is 2.39. The summed E-state index contributed by atoms with van der Waals surface area (Å²) in [5, 5.41) is 12.4. The van der Waals surface area contributed by atoms with Gasteiger partial charge in [0.1, 0.15) is 0 Å². The smallest absolute Gasteiger partial charge is 0.236 e. The molecule has 0 spiro atoms. The highest BCUT2D eigenvalue weighted by Crippen LogP contribution is 2.47. The number of anilines is 1. The summed E-state index contributed by atoms with van der Waals surface area (Å²) in [6.07, 6.45) is 0. The zero-order valence-electron chi connectivity index (χ0n) is 12.5. The number of ether oxygens (including phenoxy) is 1. The SMILES string of the molecule is COc1cc(NC(=O)C2C(C)=C2c2ccccc2)ccc1O. The topological polar surface area (TPSA) is 58.6 Å². The molecular weight excluding hydrogens is 278 g/mol. The van der Waals surface area contributed by atoms with E-state index in [1.165, 1.54) is 13.2 Å². The maximum absolute atomic E-state index is 12.4. The number of hydrogen-bond acceptors (Lipinski definition) is 3. The molecular formula is C18H17NO3. The molecule has 1 unspecified atom stereocenters. The molecule has 1 amide bonds. The van der Waals surface area contributed by atoms with Gasteiger partial charge >= 0.3 is 0 Å². The van der Waals surface area contributed by atoms with Crippen LogP contribution in [0.1, 0.15) is 12.5 Å². The van der Waals surface area contributed by atoms with E-state index in [-0.39, 0.29) is 17.6 Å². The molecule has 4 nitrogen and oxygen atoms in total. The number of nitrogens with one attached hydrogen (secondary N) is 1. The molecule has 2 aromatic carbocycles. The van der Waals surface area contributed by atoms with E-state index in [1.54, 1.807) is 12.1 Å². The molecule has 0 aliphatic heterocycles. The van der Waals surface area contributed by atoms with E-state index in [2.05, 4.69) is 5.32 Å². The van der Waals surface area contributed by atoms with Crippen LogP contribution in [0.4, 0.5) is 5.69 Å². The van der Waals surface area contributed by atoms with Crippen molar-refractivity contribution in [3.05, 3.63) is 59.7 Å². The summed E-state index contributed by atoms with van der Waals surface area (Å²) in [5.41, 5.74) is 3.87. The van der Waals surface area contributed by atoms with Crippen molar-refractivity contribution in [1.29, 1.82) is 0 Å². The predicted octanol–water partition coefficient (Wildman–Crippen LogP) is 3.44. The Morgan fingerprint density at radius 1 is 1.18 bits per heavy atom. The van der Waals surface area contributed by atoms with E-state index < -0.39 is 0 Å². The molecule has 0 fully saturated rings. The lowest BCUT2D eigenvalue weighted by Crippen LogP contribution is -2.16. The molecule has 0 heterocycles. The third-order valence-electron chi connectivity index (χ3n) is 3.86. The quantitative estimate of drug-likeness (QED) is 0.849.